The molecule has 0 saturated heterocycles. The maximum absolute atomic E-state index is 11.8. The quantitative estimate of drug-likeness (QED) is 0.750. The van der Waals surface area contributed by atoms with Crippen LogP contribution in [0.1, 0.15) is 18.4 Å². The lowest BCUT2D eigenvalue weighted by Gasteiger charge is -2.22. The molecule has 0 bridgehead atoms. The summed E-state index contributed by atoms with van der Waals surface area (Å²) in [4.78, 5) is 10.9. The van der Waals surface area contributed by atoms with E-state index in [0.717, 1.165) is 6.26 Å². The number of carbonyl (C=O) groups excluding carboxylic acids is 1. The Bertz CT molecular complexity index is 620. The molecule has 0 spiro atoms. The Kier molecular flexibility index (Phi) is 5.53. The van der Waals surface area contributed by atoms with Crippen molar-refractivity contribution < 1.29 is 13.2 Å². The van der Waals surface area contributed by atoms with Gasteiger partial charge in [0.1, 0.15) is 0 Å². The van der Waals surface area contributed by atoms with Crippen LogP contribution >= 0.6 is 0 Å². The maximum Gasteiger partial charge on any atom is 0.232 e. The standard InChI is InChI=1S/C13H17N3O3S/c1-20(18,19)16(8-3-2-7-14)12-6-4-5-11(9-12)10-13(15)17/h4-6,9H,2-3,8,10H2,1H3,(H2,15,17). The lowest BCUT2D eigenvalue weighted by Crippen LogP contribution is -2.31. The number of hydrogen-bond acceptors (Lipinski definition) is 4. The van der Waals surface area contributed by atoms with Crippen LogP contribution in [0.5, 0.6) is 0 Å². The Morgan fingerprint density at radius 1 is 1.45 bits per heavy atom. The Balaban J connectivity index is 3.02. The average molecular weight is 295 g/mol. The second-order valence-electron chi connectivity index (χ2n) is 4.41. The minimum Gasteiger partial charge on any atom is -0.369 e. The number of carbonyl (C=O) groups is 1. The van der Waals surface area contributed by atoms with E-state index >= 15 is 0 Å². The van der Waals surface area contributed by atoms with Crippen LogP contribution in [0.2, 0.25) is 0 Å². The highest BCUT2D eigenvalue weighted by Gasteiger charge is 2.17. The molecule has 0 radical (unpaired) electrons. The van der Waals surface area contributed by atoms with Gasteiger partial charge in [-0.3, -0.25) is 9.10 Å². The van der Waals surface area contributed by atoms with Gasteiger partial charge >= 0.3 is 0 Å². The van der Waals surface area contributed by atoms with E-state index in [1.165, 1.54) is 4.31 Å². The van der Waals surface area contributed by atoms with E-state index in [2.05, 4.69) is 0 Å². The summed E-state index contributed by atoms with van der Waals surface area (Å²) in [5.41, 5.74) is 6.26. The fourth-order valence-corrected chi connectivity index (χ4v) is 2.77. The molecule has 0 aliphatic heterocycles. The number of rotatable bonds is 7. The van der Waals surface area contributed by atoms with Crippen LogP contribution in [0.25, 0.3) is 0 Å². The predicted octanol–water partition coefficient (Wildman–Crippen LogP) is 0.784. The molecule has 0 heterocycles. The predicted molar refractivity (Wildman–Crippen MR) is 76.4 cm³/mol. The van der Waals surface area contributed by atoms with Gasteiger partial charge in [-0.05, 0) is 24.1 Å². The van der Waals surface area contributed by atoms with Gasteiger partial charge in [-0.2, -0.15) is 5.26 Å². The molecule has 0 unspecified atom stereocenters. The molecule has 7 heteroatoms. The van der Waals surface area contributed by atoms with E-state index in [4.69, 9.17) is 11.0 Å². The summed E-state index contributed by atoms with van der Waals surface area (Å²) in [5.74, 6) is -0.475. The zero-order chi connectivity index (χ0) is 15.2. The number of unbranched alkanes of at least 4 members (excludes halogenated alkanes) is 1. The number of hydrogen-bond donors (Lipinski definition) is 1. The second-order valence-corrected chi connectivity index (χ2v) is 6.32. The topological polar surface area (TPSA) is 104 Å². The molecular weight excluding hydrogens is 278 g/mol. The summed E-state index contributed by atoms with van der Waals surface area (Å²) in [6.45, 7) is 0.229. The summed E-state index contributed by atoms with van der Waals surface area (Å²) in [7, 11) is -3.44. The molecule has 0 atom stereocenters. The first-order valence-corrected chi connectivity index (χ1v) is 7.91. The van der Waals surface area contributed by atoms with Gasteiger partial charge in [-0.25, -0.2) is 8.42 Å². The molecule has 108 valence electrons. The normalized spacial score (nSPS) is 10.8. The molecule has 0 saturated carbocycles. The fourth-order valence-electron chi connectivity index (χ4n) is 1.81. The van der Waals surface area contributed by atoms with Gasteiger partial charge in [0.15, 0.2) is 0 Å². The van der Waals surface area contributed by atoms with E-state index < -0.39 is 15.9 Å². The van der Waals surface area contributed by atoms with Crippen molar-refractivity contribution in [1.82, 2.24) is 0 Å². The lowest BCUT2D eigenvalue weighted by molar-refractivity contribution is -0.117. The molecule has 0 aromatic heterocycles. The van der Waals surface area contributed by atoms with Crippen LogP contribution in [0.15, 0.2) is 24.3 Å². The molecule has 1 aromatic carbocycles. The van der Waals surface area contributed by atoms with Gasteiger partial charge in [0.2, 0.25) is 15.9 Å². The lowest BCUT2D eigenvalue weighted by atomic mass is 10.1. The third-order valence-electron chi connectivity index (χ3n) is 2.63. The number of nitrogens with two attached hydrogens (primary N) is 1. The van der Waals surface area contributed by atoms with Gasteiger partial charge in [-0.1, -0.05) is 12.1 Å². The number of amides is 1. The van der Waals surface area contributed by atoms with Gasteiger partial charge in [0.25, 0.3) is 0 Å². The fraction of sp³-hybridized carbons (Fsp3) is 0.385. The highest BCUT2D eigenvalue weighted by atomic mass is 32.2. The van der Waals surface area contributed by atoms with Crippen LogP contribution in [0, 0.1) is 11.3 Å². The molecule has 1 aromatic rings. The van der Waals surface area contributed by atoms with Gasteiger partial charge < -0.3 is 5.73 Å². The number of benzene rings is 1. The third-order valence-corrected chi connectivity index (χ3v) is 3.82. The first-order valence-electron chi connectivity index (χ1n) is 6.06. The summed E-state index contributed by atoms with van der Waals surface area (Å²) < 4.78 is 24.9. The minimum absolute atomic E-state index is 0.0592. The molecule has 0 aliphatic carbocycles. The molecule has 0 aliphatic rings. The van der Waals surface area contributed by atoms with E-state index in [9.17, 15) is 13.2 Å². The zero-order valence-electron chi connectivity index (χ0n) is 11.2. The van der Waals surface area contributed by atoms with Crippen molar-refractivity contribution in [2.45, 2.75) is 19.3 Å². The summed E-state index contributed by atoms with van der Waals surface area (Å²) in [5, 5.41) is 8.53. The van der Waals surface area contributed by atoms with Gasteiger partial charge in [-0.15, -0.1) is 0 Å². The van der Waals surface area contributed by atoms with Crippen molar-refractivity contribution >= 4 is 21.6 Å². The van der Waals surface area contributed by atoms with Crippen LogP contribution in [-0.2, 0) is 21.2 Å². The molecule has 20 heavy (non-hydrogen) atoms. The van der Waals surface area contributed by atoms with Crippen molar-refractivity contribution in [3.8, 4) is 6.07 Å². The van der Waals surface area contributed by atoms with E-state index in [1.807, 2.05) is 6.07 Å². The Labute approximate surface area is 118 Å². The third kappa shape index (κ3) is 4.90. The number of primary amides is 1. The van der Waals surface area contributed by atoms with Crippen molar-refractivity contribution in [2.75, 3.05) is 17.1 Å². The maximum atomic E-state index is 11.8. The molecule has 1 rings (SSSR count). The highest BCUT2D eigenvalue weighted by Crippen LogP contribution is 2.20. The molecule has 6 nitrogen and oxygen atoms in total. The van der Waals surface area contributed by atoms with Gasteiger partial charge in [0.05, 0.1) is 24.4 Å². The molecular formula is C13H17N3O3S. The average Bonchev–Trinajstić information content (AvgIpc) is 2.32. The number of nitrogens with zero attached hydrogens (tertiary/aromatic N) is 2. The van der Waals surface area contributed by atoms with Crippen LogP contribution < -0.4 is 10.0 Å². The van der Waals surface area contributed by atoms with Crippen molar-refractivity contribution in [3.63, 3.8) is 0 Å². The minimum atomic E-state index is -3.44. The molecule has 1 amide bonds. The Hall–Kier alpha value is -2.07. The Morgan fingerprint density at radius 2 is 2.15 bits per heavy atom. The Morgan fingerprint density at radius 3 is 2.70 bits per heavy atom. The molecule has 2 N–H and O–H groups in total. The first-order chi connectivity index (χ1) is 9.34. The SMILES string of the molecule is CS(=O)(=O)N(CCCC#N)c1cccc(CC(N)=O)c1. The van der Waals surface area contributed by atoms with E-state index in [1.54, 1.807) is 24.3 Å². The zero-order valence-corrected chi connectivity index (χ0v) is 12.1. The largest absolute Gasteiger partial charge is 0.369 e. The van der Waals surface area contributed by atoms with Crippen molar-refractivity contribution in [2.24, 2.45) is 5.73 Å². The van der Waals surface area contributed by atoms with Crippen LogP contribution in [0.4, 0.5) is 5.69 Å². The van der Waals surface area contributed by atoms with Gasteiger partial charge in [0, 0.05) is 13.0 Å². The first kappa shape index (κ1) is 16.0. The summed E-state index contributed by atoms with van der Waals surface area (Å²) in [6, 6.07) is 8.64. The van der Waals surface area contributed by atoms with Crippen molar-refractivity contribution in [3.05, 3.63) is 29.8 Å². The highest BCUT2D eigenvalue weighted by molar-refractivity contribution is 7.92. The smallest absolute Gasteiger partial charge is 0.232 e. The second kappa shape index (κ2) is 6.91. The summed E-state index contributed by atoms with van der Waals surface area (Å²) >= 11 is 0. The summed E-state index contributed by atoms with van der Waals surface area (Å²) in [6.07, 6.45) is 1.90. The number of nitriles is 1. The van der Waals surface area contributed by atoms with Crippen molar-refractivity contribution in [1.29, 1.82) is 5.26 Å². The van der Waals surface area contributed by atoms with E-state index in [-0.39, 0.29) is 19.4 Å². The van der Waals surface area contributed by atoms with Crippen LogP contribution in [0.3, 0.4) is 0 Å². The molecule has 0 fully saturated rings. The number of anilines is 1. The monoisotopic (exact) mass is 295 g/mol. The number of sulfonamides is 1. The van der Waals surface area contributed by atoms with E-state index in [0.29, 0.717) is 17.7 Å². The van der Waals surface area contributed by atoms with Crippen LogP contribution in [-0.4, -0.2) is 27.1 Å².